The Labute approximate surface area is 131 Å². The minimum atomic E-state index is 0.0197. The highest BCUT2D eigenvalue weighted by molar-refractivity contribution is 6.30. The average molecular weight is 310 g/mol. The van der Waals surface area contributed by atoms with Crippen molar-refractivity contribution in [3.63, 3.8) is 0 Å². The number of hydrogen-bond acceptors (Lipinski definition) is 3. The predicted molar refractivity (Wildman–Crippen MR) is 87.5 cm³/mol. The molecule has 1 heterocycles. The summed E-state index contributed by atoms with van der Waals surface area (Å²) in [5.41, 5.74) is 6.62. The van der Waals surface area contributed by atoms with Gasteiger partial charge in [0.2, 0.25) is 5.91 Å². The Bertz CT molecular complexity index is 480. The van der Waals surface area contributed by atoms with Crippen molar-refractivity contribution in [2.45, 2.75) is 32.2 Å². The second-order valence-electron chi connectivity index (χ2n) is 5.77. The van der Waals surface area contributed by atoms with Gasteiger partial charge in [-0.15, -0.1) is 0 Å². The molecule has 1 saturated heterocycles. The maximum Gasteiger partial charge on any atom is 0.225 e. The highest BCUT2D eigenvalue weighted by Crippen LogP contribution is 2.22. The summed E-state index contributed by atoms with van der Waals surface area (Å²) in [7, 11) is 0. The molecule has 2 rings (SSSR count). The normalized spacial score (nSPS) is 23.0. The lowest BCUT2D eigenvalue weighted by atomic mass is 9.90. The summed E-state index contributed by atoms with van der Waals surface area (Å²) in [5.74, 6) is 0.631. The van der Waals surface area contributed by atoms with Gasteiger partial charge in [-0.2, -0.15) is 0 Å². The van der Waals surface area contributed by atoms with Crippen LogP contribution in [0.25, 0.3) is 0 Å². The van der Waals surface area contributed by atoms with Crippen LogP contribution in [0.1, 0.15) is 26.2 Å². The summed E-state index contributed by atoms with van der Waals surface area (Å²) in [6.07, 6.45) is 2.90. The van der Waals surface area contributed by atoms with E-state index in [2.05, 4.69) is 17.1 Å². The number of benzene rings is 1. The largest absolute Gasteiger partial charge is 0.329 e. The minimum absolute atomic E-state index is 0.0197. The first-order chi connectivity index (χ1) is 10.1. The van der Waals surface area contributed by atoms with Gasteiger partial charge in [0.15, 0.2) is 0 Å². The first kappa shape index (κ1) is 16.3. The molecule has 0 bridgehead atoms. The fraction of sp³-hybridized carbons (Fsp3) is 0.562. The van der Waals surface area contributed by atoms with Gasteiger partial charge >= 0.3 is 0 Å². The van der Waals surface area contributed by atoms with E-state index in [9.17, 15) is 4.79 Å². The van der Waals surface area contributed by atoms with E-state index in [0.717, 1.165) is 18.8 Å². The van der Waals surface area contributed by atoms with E-state index >= 15 is 0 Å². The number of nitrogens with two attached hydrogens (primary N) is 1. The molecule has 5 heteroatoms. The van der Waals surface area contributed by atoms with Crippen LogP contribution < -0.4 is 11.1 Å². The molecule has 2 unspecified atom stereocenters. The maximum atomic E-state index is 12.0. The minimum Gasteiger partial charge on any atom is -0.329 e. The van der Waals surface area contributed by atoms with Crippen molar-refractivity contribution in [1.82, 2.24) is 4.90 Å². The van der Waals surface area contributed by atoms with E-state index in [-0.39, 0.29) is 5.91 Å². The molecule has 1 amide bonds. The molecule has 0 aliphatic carbocycles. The first-order valence-corrected chi connectivity index (χ1v) is 7.97. The van der Waals surface area contributed by atoms with Crippen LogP contribution in [0.2, 0.25) is 5.02 Å². The Morgan fingerprint density at radius 3 is 3.05 bits per heavy atom. The Morgan fingerprint density at radius 2 is 2.33 bits per heavy atom. The Morgan fingerprint density at radius 1 is 1.52 bits per heavy atom. The second kappa shape index (κ2) is 7.78. The second-order valence-corrected chi connectivity index (χ2v) is 6.20. The van der Waals surface area contributed by atoms with Crippen molar-refractivity contribution in [3.8, 4) is 0 Å². The van der Waals surface area contributed by atoms with Gasteiger partial charge < -0.3 is 11.1 Å². The van der Waals surface area contributed by atoms with Crippen LogP contribution in [-0.2, 0) is 4.79 Å². The number of amides is 1. The third kappa shape index (κ3) is 4.70. The van der Waals surface area contributed by atoms with Gasteiger partial charge in [0, 0.05) is 36.3 Å². The highest BCUT2D eigenvalue weighted by atomic mass is 35.5. The summed E-state index contributed by atoms with van der Waals surface area (Å²) in [6.45, 7) is 4.71. The maximum absolute atomic E-state index is 12.0. The van der Waals surface area contributed by atoms with Crippen LogP contribution in [0.3, 0.4) is 0 Å². The summed E-state index contributed by atoms with van der Waals surface area (Å²) < 4.78 is 0. The van der Waals surface area contributed by atoms with E-state index in [1.807, 2.05) is 12.1 Å². The lowest BCUT2D eigenvalue weighted by Gasteiger charge is -2.39. The number of anilines is 1. The van der Waals surface area contributed by atoms with Gasteiger partial charge in [0.1, 0.15) is 0 Å². The molecule has 4 nitrogen and oxygen atoms in total. The van der Waals surface area contributed by atoms with Crippen molar-refractivity contribution in [2.24, 2.45) is 11.7 Å². The lowest BCUT2D eigenvalue weighted by molar-refractivity contribution is -0.116. The molecule has 0 radical (unpaired) electrons. The van der Waals surface area contributed by atoms with Crippen LogP contribution in [0, 0.1) is 5.92 Å². The van der Waals surface area contributed by atoms with Crippen molar-refractivity contribution < 1.29 is 4.79 Å². The van der Waals surface area contributed by atoms with Gasteiger partial charge in [-0.05, 0) is 43.5 Å². The summed E-state index contributed by atoms with van der Waals surface area (Å²) in [5, 5.41) is 3.51. The first-order valence-electron chi connectivity index (χ1n) is 7.59. The SMILES string of the molecule is CC1CCCN(CCC(=O)Nc2cccc(Cl)c2)C1CN. The number of hydrogen-bond donors (Lipinski definition) is 2. The van der Waals surface area contributed by atoms with Crippen LogP contribution in [0.15, 0.2) is 24.3 Å². The molecule has 1 aliphatic rings. The van der Waals surface area contributed by atoms with Gasteiger partial charge in [-0.1, -0.05) is 24.6 Å². The summed E-state index contributed by atoms with van der Waals surface area (Å²) >= 11 is 5.91. The number of nitrogens with one attached hydrogen (secondary N) is 1. The number of rotatable bonds is 5. The van der Waals surface area contributed by atoms with Gasteiger partial charge in [0.25, 0.3) is 0 Å². The molecule has 0 aromatic heterocycles. The molecule has 1 aromatic carbocycles. The summed E-state index contributed by atoms with van der Waals surface area (Å²) in [6, 6.07) is 7.62. The number of piperidine rings is 1. The molecular weight excluding hydrogens is 286 g/mol. The number of carbonyl (C=O) groups is 1. The molecule has 116 valence electrons. The van der Waals surface area contributed by atoms with E-state index in [1.54, 1.807) is 12.1 Å². The van der Waals surface area contributed by atoms with Gasteiger partial charge in [-0.3, -0.25) is 9.69 Å². The van der Waals surface area contributed by atoms with Crippen molar-refractivity contribution in [2.75, 3.05) is 25.0 Å². The van der Waals surface area contributed by atoms with Crippen LogP contribution in [0.5, 0.6) is 0 Å². The van der Waals surface area contributed by atoms with E-state index in [0.29, 0.717) is 29.9 Å². The number of halogens is 1. The molecular formula is C16H24ClN3O. The third-order valence-corrected chi connectivity index (χ3v) is 4.44. The average Bonchev–Trinajstić information content (AvgIpc) is 2.45. The molecule has 0 saturated carbocycles. The lowest BCUT2D eigenvalue weighted by Crippen LogP contribution is -2.49. The fourth-order valence-electron chi connectivity index (χ4n) is 3.03. The number of nitrogens with zero attached hydrogens (tertiary/aromatic N) is 1. The van der Waals surface area contributed by atoms with Crippen molar-refractivity contribution in [1.29, 1.82) is 0 Å². The number of carbonyl (C=O) groups excluding carboxylic acids is 1. The fourth-order valence-corrected chi connectivity index (χ4v) is 3.22. The molecule has 3 N–H and O–H groups in total. The summed E-state index contributed by atoms with van der Waals surface area (Å²) in [4.78, 5) is 14.4. The Balaban J connectivity index is 1.83. The van der Waals surface area contributed by atoms with Gasteiger partial charge in [-0.25, -0.2) is 0 Å². The molecule has 21 heavy (non-hydrogen) atoms. The zero-order chi connectivity index (χ0) is 15.2. The molecule has 1 aliphatic heterocycles. The van der Waals surface area contributed by atoms with Crippen LogP contribution in [0.4, 0.5) is 5.69 Å². The smallest absolute Gasteiger partial charge is 0.225 e. The highest BCUT2D eigenvalue weighted by Gasteiger charge is 2.27. The topological polar surface area (TPSA) is 58.4 Å². The zero-order valence-electron chi connectivity index (χ0n) is 12.5. The van der Waals surface area contributed by atoms with Crippen molar-refractivity contribution >= 4 is 23.2 Å². The monoisotopic (exact) mass is 309 g/mol. The Hall–Kier alpha value is -1.10. The van der Waals surface area contributed by atoms with E-state index in [4.69, 9.17) is 17.3 Å². The molecule has 0 spiro atoms. The molecule has 1 aromatic rings. The standard InChI is InChI=1S/C16H24ClN3O/c1-12-4-3-8-20(15(12)11-18)9-7-16(21)19-14-6-2-5-13(17)10-14/h2,5-6,10,12,15H,3-4,7-9,11,18H2,1H3,(H,19,21). The quantitative estimate of drug-likeness (QED) is 0.879. The molecule has 1 fully saturated rings. The Kier molecular flexibility index (Phi) is 6.03. The van der Waals surface area contributed by atoms with E-state index in [1.165, 1.54) is 12.8 Å². The van der Waals surface area contributed by atoms with Crippen LogP contribution in [-0.4, -0.2) is 36.5 Å². The van der Waals surface area contributed by atoms with Gasteiger partial charge in [0.05, 0.1) is 0 Å². The number of likely N-dealkylation sites (tertiary alicyclic amines) is 1. The molecule has 2 atom stereocenters. The third-order valence-electron chi connectivity index (χ3n) is 4.21. The van der Waals surface area contributed by atoms with Crippen LogP contribution >= 0.6 is 11.6 Å². The predicted octanol–water partition coefficient (Wildman–Crippen LogP) is 2.73. The van der Waals surface area contributed by atoms with E-state index < -0.39 is 0 Å². The van der Waals surface area contributed by atoms with Crippen molar-refractivity contribution in [3.05, 3.63) is 29.3 Å². The zero-order valence-corrected chi connectivity index (χ0v) is 13.3.